The lowest BCUT2D eigenvalue weighted by Gasteiger charge is -2.34. The second kappa shape index (κ2) is 8.95. The normalized spacial score (nSPS) is 27.0. The number of nitrogens with zero attached hydrogens (tertiary/aromatic N) is 1. The first-order valence-corrected chi connectivity index (χ1v) is 11.7. The van der Waals surface area contributed by atoms with Crippen LogP contribution in [-0.2, 0) is 11.2 Å². The van der Waals surface area contributed by atoms with Crippen LogP contribution in [0.3, 0.4) is 0 Å². The van der Waals surface area contributed by atoms with Gasteiger partial charge in [0.1, 0.15) is 5.82 Å². The molecule has 0 spiro atoms. The lowest BCUT2D eigenvalue weighted by molar-refractivity contribution is -0.132. The van der Waals surface area contributed by atoms with E-state index in [1.807, 2.05) is 18.2 Å². The fraction of sp³-hybridized carbons (Fsp3) is 0.542. The predicted octanol–water partition coefficient (Wildman–Crippen LogP) is 5.34. The van der Waals surface area contributed by atoms with Crippen molar-refractivity contribution >= 4 is 17.7 Å². The van der Waals surface area contributed by atoms with Crippen molar-refractivity contribution in [3.05, 3.63) is 58.4 Å². The van der Waals surface area contributed by atoms with E-state index in [0.29, 0.717) is 17.4 Å². The molecule has 5 heteroatoms. The van der Waals surface area contributed by atoms with Gasteiger partial charge in [-0.3, -0.25) is 0 Å². The molecule has 2 bridgehead atoms. The summed E-state index contributed by atoms with van der Waals surface area (Å²) in [6.45, 7) is 3.96. The number of benzene rings is 1. The van der Waals surface area contributed by atoms with E-state index in [2.05, 4.69) is 11.8 Å². The third-order valence-electron chi connectivity index (χ3n) is 6.70. The minimum Gasteiger partial charge on any atom is -0.478 e. The molecule has 2 aliphatic carbocycles. The van der Waals surface area contributed by atoms with Crippen LogP contribution in [0.2, 0.25) is 0 Å². The van der Waals surface area contributed by atoms with Crippen molar-refractivity contribution in [2.75, 3.05) is 18.8 Å². The van der Waals surface area contributed by atoms with E-state index >= 15 is 0 Å². The first-order chi connectivity index (χ1) is 14.0. The molecule has 1 heterocycles. The van der Waals surface area contributed by atoms with E-state index in [-0.39, 0.29) is 5.82 Å². The van der Waals surface area contributed by atoms with E-state index in [9.17, 15) is 14.3 Å². The maximum atomic E-state index is 13.1. The van der Waals surface area contributed by atoms with Gasteiger partial charge in [0.05, 0.1) is 10.6 Å². The number of thioether (sulfide) groups is 1. The first-order valence-electron chi connectivity index (χ1n) is 10.8. The molecule has 29 heavy (non-hydrogen) atoms. The zero-order chi connectivity index (χ0) is 20.4. The summed E-state index contributed by atoms with van der Waals surface area (Å²) in [4.78, 5) is 14.2. The number of hydrogen-bond acceptors (Lipinski definition) is 3. The van der Waals surface area contributed by atoms with E-state index in [1.54, 1.807) is 17.8 Å². The maximum absolute atomic E-state index is 13.1. The number of fused-ring (bicyclic) bond motifs is 2. The van der Waals surface area contributed by atoms with Crippen molar-refractivity contribution in [1.29, 1.82) is 0 Å². The van der Waals surface area contributed by atoms with Gasteiger partial charge in [-0.05, 0) is 73.1 Å². The van der Waals surface area contributed by atoms with Crippen LogP contribution in [0.25, 0.3) is 0 Å². The van der Waals surface area contributed by atoms with Crippen molar-refractivity contribution in [3.63, 3.8) is 0 Å². The molecule has 0 aromatic heterocycles. The van der Waals surface area contributed by atoms with Crippen molar-refractivity contribution < 1.29 is 14.3 Å². The van der Waals surface area contributed by atoms with Crippen molar-refractivity contribution in [3.8, 4) is 0 Å². The van der Waals surface area contributed by atoms with Crippen LogP contribution in [0.15, 0.2) is 47.0 Å². The number of halogens is 1. The predicted molar refractivity (Wildman–Crippen MR) is 116 cm³/mol. The van der Waals surface area contributed by atoms with Crippen LogP contribution >= 0.6 is 11.8 Å². The van der Waals surface area contributed by atoms with Gasteiger partial charge in [-0.15, -0.1) is 11.8 Å². The van der Waals surface area contributed by atoms with Gasteiger partial charge in [-0.1, -0.05) is 31.6 Å². The summed E-state index contributed by atoms with van der Waals surface area (Å²) in [5.41, 5.74) is 1.55. The van der Waals surface area contributed by atoms with Gasteiger partial charge in [0, 0.05) is 18.8 Å². The van der Waals surface area contributed by atoms with Crippen LogP contribution in [-0.4, -0.2) is 34.8 Å². The summed E-state index contributed by atoms with van der Waals surface area (Å²) in [6.07, 6.45) is 10.1. The molecule has 4 unspecified atom stereocenters. The van der Waals surface area contributed by atoms with Gasteiger partial charge < -0.3 is 10.0 Å². The van der Waals surface area contributed by atoms with E-state index in [1.165, 1.54) is 37.8 Å². The van der Waals surface area contributed by atoms with Crippen molar-refractivity contribution in [2.24, 2.45) is 23.7 Å². The first kappa shape index (κ1) is 20.5. The van der Waals surface area contributed by atoms with Gasteiger partial charge in [0.25, 0.3) is 0 Å². The molecule has 2 fully saturated rings. The molecule has 3 aliphatic rings. The van der Waals surface area contributed by atoms with Gasteiger partial charge in [0.2, 0.25) is 0 Å². The van der Waals surface area contributed by atoms with Crippen LogP contribution in [0.5, 0.6) is 0 Å². The average molecular weight is 416 g/mol. The molecule has 0 radical (unpaired) electrons. The smallest absolute Gasteiger partial charge is 0.338 e. The van der Waals surface area contributed by atoms with Crippen molar-refractivity contribution in [2.45, 2.75) is 39.0 Å². The quantitative estimate of drug-likeness (QED) is 0.622. The Labute approximate surface area is 177 Å². The Morgan fingerprint density at radius 3 is 2.72 bits per heavy atom. The fourth-order valence-electron chi connectivity index (χ4n) is 5.30. The molecule has 4 rings (SSSR count). The van der Waals surface area contributed by atoms with Gasteiger partial charge in [-0.2, -0.15) is 0 Å². The highest BCUT2D eigenvalue weighted by Crippen LogP contribution is 2.49. The van der Waals surface area contributed by atoms with E-state index < -0.39 is 5.97 Å². The maximum Gasteiger partial charge on any atom is 0.338 e. The van der Waals surface area contributed by atoms with E-state index in [4.69, 9.17) is 0 Å². The second-order valence-corrected chi connectivity index (χ2v) is 10.0. The Bertz CT molecular complexity index is 804. The molecule has 0 saturated heterocycles. The summed E-state index contributed by atoms with van der Waals surface area (Å²) in [6, 6.07) is 6.68. The lowest BCUT2D eigenvalue weighted by atomic mass is 9.88. The van der Waals surface area contributed by atoms with Crippen molar-refractivity contribution in [1.82, 2.24) is 4.90 Å². The third kappa shape index (κ3) is 4.88. The molecule has 3 nitrogen and oxygen atoms in total. The Kier molecular flexibility index (Phi) is 6.33. The summed E-state index contributed by atoms with van der Waals surface area (Å²) in [7, 11) is 0. The van der Waals surface area contributed by atoms with Crippen LogP contribution in [0, 0.1) is 29.5 Å². The standard InChI is InChI=1S/C24H30FNO2S/c1-16(11-17-5-8-21(25)9-6-17)15-29-23-22(24(27)28)3-2-10-26(23)14-20-13-18-4-7-19(20)12-18/h2-3,5-6,8-9,16,18-20H,4,7,10-15H2,1H3,(H,27,28). The molecular formula is C24H30FNO2S. The van der Waals surface area contributed by atoms with E-state index in [0.717, 1.165) is 47.7 Å². The Balaban J connectivity index is 1.41. The molecule has 2 saturated carbocycles. The number of rotatable bonds is 8. The zero-order valence-corrected chi connectivity index (χ0v) is 17.8. The Morgan fingerprint density at radius 1 is 1.28 bits per heavy atom. The SMILES string of the molecule is CC(CSC1=C(C(=O)O)C=CCN1CC1CC2CCC1C2)Cc1ccc(F)cc1. The van der Waals surface area contributed by atoms with Gasteiger partial charge in [-0.25, -0.2) is 9.18 Å². The average Bonchev–Trinajstić information content (AvgIpc) is 3.31. The minimum atomic E-state index is -0.840. The highest BCUT2D eigenvalue weighted by molar-refractivity contribution is 8.03. The molecule has 1 aromatic rings. The highest BCUT2D eigenvalue weighted by Gasteiger charge is 2.40. The second-order valence-electron chi connectivity index (χ2n) is 9.01. The Hall–Kier alpha value is -1.75. The molecule has 1 aliphatic heterocycles. The number of carboxylic acid groups (broad SMARTS) is 1. The number of aliphatic carboxylic acids is 1. The summed E-state index contributed by atoms with van der Waals surface area (Å²) < 4.78 is 13.1. The number of hydrogen-bond donors (Lipinski definition) is 1. The number of carbonyl (C=O) groups is 1. The topological polar surface area (TPSA) is 40.5 Å². The van der Waals surface area contributed by atoms with Crippen LogP contribution < -0.4 is 0 Å². The minimum absolute atomic E-state index is 0.211. The fourth-order valence-corrected chi connectivity index (χ4v) is 6.50. The summed E-state index contributed by atoms with van der Waals surface area (Å²) >= 11 is 1.68. The lowest BCUT2D eigenvalue weighted by Crippen LogP contribution is -2.34. The van der Waals surface area contributed by atoms with Crippen LogP contribution in [0.4, 0.5) is 4.39 Å². The largest absolute Gasteiger partial charge is 0.478 e. The molecule has 4 atom stereocenters. The van der Waals surface area contributed by atoms with Gasteiger partial charge in [0.15, 0.2) is 0 Å². The third-order valence-corrected chi connectivity index (χ3v) is 8.19. The van der Waals surface area contributed by atoms with Crippen LogP contribution in [0.1, 0.15) is 38.2 Å². The molecule has 0 amide bonds. The molecular weight excluding hydrogens is 385 g/mol. The zero-order valence-electron chi connectivity index (χ0n) is 17.0. The summed E-state index contributed by atoms with van der Waals surface area (Å²) in [5, 5.41) is 10.7. The summed E-state index contributed by atoms with van der Waals surface area (Å²) in [5.74, 6) is 2.63. The molecule has 156 valence electrons. The molecule has 1 aromatic carbocycles. The highest BCUT2D eigenvalue weighted by atomic mass is 32.2. The Morgan fingerprint density at radius 2 is 2.07 bits per heavy atom. The monoisotopic (exact) mass is 415 g/mol. The van der Waals surface area contributed by atoms with Gasteiger partial charge >= 0.3 is 5.97 Å². The molecule has 1 N–H and O–H groups in total. The number of carboxylic acids is 1.